The van der Waals surface area contributed by atoms with Gasteiger partial charge in [0.15, 0.2) is 0 Å². The summed E-state index contributed by atoms with van der Waals surface area (Å²) in [7, 11) is 0. The molecule has 1 amide bonds. The van der Waals surface area contributed by atoms with E-state index in [-0.39, 0.29) is 18.2 Å². The highest BCUT2D eigenvalue weighted by Crippen LogP contribution is 2.44. The van der Waals surface area contributed by atoms with Gasteiger partial charge >= 0.3 is 0 Å². The van der Waals surface area contributed by atoms with Crippen LogP contribution in [0.4, 0.5) is 0 Å². The van der Waals surface area contributed by atoms with Crippen molar-refractivity contribution in [3.63, 3.8) is 0 Å². The van der Waals surface area contributed by atoms with Gasteiger partial charge in [-0.1, -0.05) is 19.1 Å². The number of carbonyl (C=O) groups excluding carboxylic acids is 2. The summed E-state index contributed by atoms with van der Waals surface area (Å²) in [6.45, 7) is 5.16. The second-order valence-electron chi connectivity index (χ2n) is 8.96. The van der Waals surface area contributed by atoms with E-state index in [2.05, 4.69) is 46.5 Å². The van der Waals surface area contributed by atoms with E-state index in [1.807, 2.05) is 0 Å². The molecule has 0 saturated carbocycles. The molecule has 2 heterocycles. The van der Waals surface area contributed by atoms with Crippen molar-refractivity contribution in [3.05, 3.63) is 35.5 Å². The number of hydrogen-bond donors (Lipinski definition) is 3. The molecule has 1 unspecified atom stereocenters. The number of ketones is 1. The number of aromatic nitrogens is 1. The molecule has 1 aromatic heterocycles. The third kappa shape index (κ3) is 4.30. The standard InChI is InChI=1S/C24H34N4O2/c1-2-9-28-15-16(13-27-23(30)8-3-5-18(29)12-25)10-20-19-6-4-7-21-24(19)17(14-26-21)11-22(20)28/h4,6-7,14,16,20,22,26H,2-3,5,8-13,15,25H2,1H3,(H,27,30)/t16-,20+,22?/m0/s1. The lowest BCUT2D eigenvalue weighted by atomic mass is 9.72. The minimum absolute atomic E-state index is 0.0203. The lowest BCUT2D eigenvalue weighted by Gasteiger charge is -2.47. The van der Waals surface area contributed by atoms with Crippen molar-refractivity contribution in [2.45, 2.75) is 57.4 Å². The predicted molar refractivity (Wildman–Crippen MR) is 119 cm³/mol. The molecule has 1 fully saturated rings. The predicted octanol–water partition coefficient (Wildman–Crippen LogP) is 2.72. The van der Waals surface area contributed by atoms with Gasteiger partial charge in [-0.2, -0.15) is 0 Å². The first-order valence-electron chi connectivity index (χ1n) is 11.4. The summed E-state index contributed by atoms with van der Waals surface area (Å²) < 4.78 is 0. The fourth-order valence-electron chi connectivity index (χ4n) is 5.49. The molecule has 6 nitrogen and oxygen atoms in total. The summed E-state index contributed by atoms with van der Waals surface area (Å²) in [5.41, 5.74) is 9.49. The van der Waals surface area contributed by atoms with Gasteiger partial charge in [0, 0.05) is 55.0 Å². The molecular formula is C24H34N4O2. The molecule has 0 radical (unpaired) electrons. The van der Waals surface area contributed by atoms with Crippen molar-refractivity contribution in [3.8, 4) is 0 Å². The van der Waals surface area contributed by atoms with Crippen molar-refractivity contribution < 1.29 is 9.59 Å². The second-order valence-corrected chi connectivity index (χ2v) is 8.96. The lowest BCUT2D eigenvalue weighted by molar-refractivity contribution is -0.121. The molecule has 0 bridgehead atoms. The van der Waals surface area contributed by atoms with Crippen LogP contribution in [0.2, 0.25) is 0 Å². The van der Waals surface area contributed by atoms with Crippen LogP contribution < -0.4 is 11.1 Å². The number of nitrogens with two attached hydrogens (primary N) is 1. The third-order valence-electron chi connectivity index (χ3n) is 6.85. The van der Waals surface area contributed by atoms with Gasteiger partial charge in [0.1, 0.15) is 5.78 Å². The molecule has 162 valence electrons. The van der Waals surface area contributed by atoms with E-state index < -0.39 is 0 Å². The Hall–Kier alpha value is -2.18. The van der Waals surface area contributed by atoms with Gasteiger partial charge in [0.25, 0.3) is 0 Å². The fraction of sp³-hybridized carbons (Fsp3) is 0.583. The number of Topliss-reactive ketones (excluding diaryl/α,β-unsaturated/α-hetero) is 1. The van der Waals surface area contributed by atoms with Gasteiger partial charge in [-0.25, -0.2) is 0 Å². The zero-order chi connectivity index (χ0) is 21.1. The molecular weight excluding hydrogens is 376 g/mol. The van der Waals surface area contributed by atoms with E-state index in [0.29, 0.717) is 43.7 Å². The fourth-order valence-corrected chi connectivity index (χ4v) is 5.49. The third-order valence-corrected chi connectivity index (χ3v) is 6.85. The largest absolute Gasteiger partial charge is 0.361 e. The quantitative estimate of drug-likeness (QED) is 0.593. The number of carbonyl (C=O) groups is 2. The number of hydrogen-bond acceptors (Lipinski definition) is 4. The maximum atomic E-state index is 12.3. The molecule has 1 aliphatic heterocycles. The Morgan fingerprint density at radius 2 is 2.17 bits per heavy atom. The second kappa shape index (κ2) is 9.31. The maximum Gasteiger partial charge on any atom is 0.220 e. The van der Waals surface area contributed by atoms with E-state index in [4.69, 9.17) is 5.73 Å². The SMILES string of the molecule is CCCN1C[C@H](CNC(=O)CCCC(=O)CN)C[C@@H]2c3cccc4[nH]cc(c34)CC21. The van der Waals surface area contributed by atoms with Crippen LogP contribution in [0.1, 0.15) is 56.1 Å². The first-order valence-corrected chi connectivity index (χ1v) is 11.4. The van der Waals surface area contributed by atoms with Gasteiger partial charge in [-0.3, -0.25) is 14.5 Å². The van der Waals surface area contributed by atoms with Crippen LogP contribution in [-0.2, 0) is 16.0 Å². The van der Waals surface area contributed by atoms with Crippen LogP contribution in [0.25, 0.3) is 10.9 Å². The highest BCUT2D eigenvalue weighted by atomic mass is 16.1. The van der Waals surface area contributed by atoms with Crippen molar-refractivity contribution >= 4 is 22.6 Å². The molecule has 2 aliphatic rings. The average Bonchev–Trinajstić information content (AvgIpc) is 3.17. The van der Waals surface area contributed by atoms with E-state index in [9.17, 15) is 9.59 Å². The van der Waals surface area contributed by atoms with Crippen LogP contribution in [0.5, 0.6) is 0 Å². The summed E-state index contributed by atoms with van der Waals surface area (Å²) in [6, 6.07) is 7.19. The number of piperidine rings is 1. The first kappa shape index (κ1) is 21.1. The van der Waals surface area contributed by atoms with Gasteiger partial charge in [-0.05, 0) is 55.3 Å². The Bertz CT molecular complexity index is 906. The molecule has 0 spiro atoms. The number of rotatable bonds is 9. The summed E-state index contributed by atoms with van der Waals surface area (Å²) in [6.07, 6.45) is 6.92. The van der Waals surface area contributed by atoms with Crippen molar-refractivity contribution in [2.24, 2.45) is 11.7 Å². The van der Waals surface area contributed by atoms with E-state index in [1.54, 1.807) is 0 Å². The topological polar surface area (TPSA) is 91.2 Å². The van der Waals surface area contributed by atoms with Crippen LogP contribution in [0, 0.1) is 5.92 Å². The van der Waals surface area contributed by atoms with Gasteiger partial charge < -0.3 is 16.0 Å². The van der Waals surface area contributed by atoms with Gasteiger partial charge in [0.05, 0.1) is 6.54 Å². The summed E-state index contributed by atoms with van der Waals surface area (Å²) in [5, 5.41) is 4.55. The number of amides is 1. The number of H-pyrrole nitrogens is 1. The van der Waals surface area contributed by atoms with E-state index in [1.165, 1.54) is 22.0 Å². The molecule has 1 aliphatic carbocycles. The van der Waals surface area contributed by atoms with Crippen molar-refractivity contribution in [1.82, 2.24) is 15.2 Å². The first-order chi connectivity index (χ1) is 14.6. The average molecular weight is 411 g/mol. The Labute approximate surface area is 178 Å². The van der Waals surface area contributed by atoms with Crippen molar-refractivity contribution in [2.75, 3.05) is 26.2 Å². The molecule has 6 heteroatoms. The molecule has 3 atom stereocenters. The van der Waals surface area contributed by atoms with Crippen molar-refractivity contribution in [1.29, 1.82) is 0 Å². The summed E-state index contributed by atoms with van der Waals surface area (Å²) >= 11 is 0. The van der Waals surface area contributed by atoms with Crippen LogP contribution in [0.3, 0.4) is 0 Å². The Morgan fingerprint density at radius 1 is 1.30 bits per heavy atom. The zero-order valence-electron chi connectivity index (χ0n) is 18.0. The Morgan fingerprint density at radius 3 is 2.97 bits per heavy atom. The Kier molecular flexibility index (Phi) is 6.54. The van der Waals surface area contributed by atoms with Crippen LogP contribution >= 0.6 is 0 Å². The summed E-state index contributed by atoms with van der Waals surface area (Å²) in [4.78, 5) is 29.7. The summed E-state index contributed by atoms with van der Waals surface area (Å²) in [5.74, 6) is 1.03. The molecule has 4 N–H and O–H groups in total. The Balaban J connectivity index is 1.42. The molecule has 30 heavy (non-hydrogen) atoms. The minimum atomic E-state index is 0.0203. The molecule has 2 aromatic rings. The van der Waals surface area contributed by atoms with Crippen LogP contribution in [0.15, 0.2) is 24.4 Å². The van der Waals surface area contributed by atoms with Gasteiger partial charge in [0.2, 0.25) is 5.91 Å². The zero-order valence-corrected chi connectivity index (χ0v) is 18.0. The normalized spacial score (nSPS) is 23.3. The number of aromatic amines is 1. The number of nitrogens with one attached hydrogen (secondary N) is 2. The smallest absolute Gasteiger partial charge is 0.220 e. The van der Waals surface area contributed by atoms with Gasteiger partial charge in [-0.15, -0.1) is 0 Å². The highest BCUT2D eigenvalue weighted by Gasteiger charge is 2.40. The lowest BCUT2D eigenvalue weighted by Crippen LogP contribution is -2.52. The highest BCUT2D eigenvalue weighted by molar-refractivity contribution is 5.88. The van der Waals surface area contributed by atoms with Crippen LogP contribution in [-0.4, -0.2) is 53.8 Å². The van der Waals surface area contributed by atoms with E-state index in [0.717, 1.165) is 32.4 Å². The number of fused-ring (bicyclic) bond motifs is 2. The minimum Gasteiger partial charge on any atom is -0.361 e. The number of benzene rings is 1. The molecule has 1 saturated heterocycles. The maximum absolute atomic E-state index is 12.3. The monoisotopic (exact) mass is 410 g/mol. The number of likely N-dealkylation sites (tertiary alicyclic amines) is 1. The molecule has 4 rings (SSSR count). The number of nitrogens with zero attached hydrogens (tertiary/aromatic N) is 1. The molecule has 1 aromatic carbocycles. The van der Waals surface area contributed by atoms with E-state index >= 15 is 0 Å².